The summed E-state index contributed by atoms with van der Waals surface area (Å²) in [4.78, 5) is 8.10. The van der Waals surface area contributed by atoms with E-state index in [1.165, 1.54) is 0 Å². The van der Waals surface area contributed by atoms with Crippen LogP contribution in [0.25, 0.3) is 23.2 Å². The van der Waals surface area contributed by atoms with Crippen LogP contribution < -0.4 is 5.73 Å². The van der Waals surface area contributed by atoms with Gasteiger partial charge in [-0.15, -0.1) is 10.2 Å². The highest BCUT2D eigenvalue weighted by molar-refractivity contribution is 5.52. The molecule has 0 aliphatic heterocycles. The molecule has 16 heavy (non-hydrogen) atoms. The van der Waals surface area contributed by atoms with Crippen molar-refractivity contribution in [1.82, 2.24) is 30.4 Å². The number of furan rings is 1. The fraction of sp³-hybridized carbons (Fsp3) is 0. The molecule has 4 N–H and O–H groups in total. The predicted octanol–water partition coefficient (Wildman–Crippen LogP) is 0.432. The number of nitrogen functional groups attached to an aromatic ring is 1. The third-order valence-electron chi connectivity index (χ3n) is 1.95. The number of aromatic amines is 2. The molecular weight excluding hydrogens is 210 g/mol. The molecule has 8 nitrogen and oxygen atoms in total. The molecule has 0 saturated heterocycles. The Morgan fingerprint density at radius 1 is 1.12 bits per heavy atom. The minimum atomic E-state index is 0.152. The fourth-order valence-electron chi connectivity index (χ4n) is 1.27. The van der Waals surface area contributed by atoms with Crippen LogP contribution in [0, 0.1) is 0 Å². The maximum Gasteiger partial charge on any atom is 0.239 e. The van der Waals surface area contributed by atoms with Gasteiger partial charge in [-0.3, -0.25) is 10.2 Å². The average Bonchev–Trinajstić information content (AvgIpc) is 2.97. The van der Waals surface area contributed by atoms with E-state index in [-0.39, 0.29) is 5.95 Å². The fourth-order valence-corrected chi connectivity index (χ4v) is 1.27. The third kappa shape index (κ3) is 1.32. The molecule has 0 aromatic carbocycles. The van der Waals surface area contributed by atoms with Crippen molar-refractivity contribution in [3.05, 3.63) is 18.4 Å². The molecule has 0 spiro atoms. The van der Waals surface area contributed by atoms with E-state index in [0.29, 0.717) is 23.2 Å². The van der Waals surface area contributed by atoms with Crippen molar-refractivity contribution in [3.8, 4) is 23.2 Å². The quantitative estimate of drug-likeness (QED) is 0.572. The van der Waals surface area contributed by atoms with Crippen LogP contribution in [0.1, 0.15) is 0 Å². The summed E-state index contributed by atoms with van der Waals surface area (Å²) in [5.74, 6) is 2.07. The molecule has 0 fully saturated rings. The van der Waals surface area contributed by atoms with E-state index in [1.54, 1.807) is 18.4 Å². The van der Waals surface area contributed by atoms with Gasteiger partial charge >= 0.3 is 0 Å². The van der Waals surface area contributed by atoms with Gasteiger partial charge in [-0.2, -0.15) is 4.98 Å². The van der Waals surface area contributed by atoms with E-state index in [0.717, 1.165) is 0 Å². The van der Waals surface area contributed by atoms with Crippen LogP contribution in [-0.2, 0) is 0 Å². The zero-order valence-corrected chi connectivity index (χ0v) is 8.01. The Labute approximate surface area is 88.9 Å². The van der Waals surface area contributed by atoms with E-state index in [1.807, 2.05) is 0 Å². The van der Waals surface area contributed by atoms with Gasteiger partial charge in [0.2, 0.25) is 11.8 Å². The summed E-state index contributed by atoms with van der Waals surface area (Å²) in [6.07, 6.45) is 1.56. The normalized spacial score (nSPS) is 10.8. The first-order chi connectivity index (χ1) is 7.83. The van der Waals surface area contributed by atoms with Crippen LogP contribution in [0.4, 0.5) is 5.95 Å². The van der Waals surface area contributed by atoms with E-state index in [2.05, 4.69) is 30.4 Å². The van der Waals surface area contributed by atoms with Gasteiger partial charge in [0.05, 0.1) is 6.26 Å². The molecule has 3 aromatic heterocycles. The summed E-state index contributed by atoms with van der Waals surface area (Å²) >= 11 is 0. The number of hydrogen-bond acceptors (Lipinski definition) is 6. The van der Waals surface area contributed by atoms with Crippen LogP contribution in [-0.4, -0.2) is 30.4 Å². The Morgan fingerprint density at radius 2 is 2.00 bits per heavy atom. The number of nitrogens with one attached hydrogen (secondary N) is 2. The summed E-state index contributed by atoms with van der Waals surface area (Å²) in [6, 6.07) is 3.54. The van der Waals surface area contributed by atoms with Crippen LogP contribution in [0.5, 0.6) is 0 Å². The van der Waals surface area contributed by atoms with Crippen molar-refractivity contribution >= 4 is 5.95 Å². The van der Waals surface area contributed by atoms with E-state index in [9.17, 15) is 0 Å². The highest BCUT2D eigenvalue weighted by Crippen LogP contribution is 2.17. The van der Waals surface area contributed by atoms with Crippen molar-refractivity contribution in [2.75, 3.05) is 5.73 Å². The Bertz CT molecular complexity index is 593. The van der Waals surface area contributed by atoms with Crippen LogP contribution >= 0.6 is 0 Å². The lowest BCUT2D eigenvalue weighted by molar-refractivity contribution is 0.577. The van der Waals surface area contributed by atoms with Crippen molar-refractivity contribution in [2.45, 2.75) is 0 Å². The second-order valence-corrected chi connectivity index (χ2v) is 3.03. The van der Waals surface area contributed by atoms with Gasteiger partial charge in [-0.25, -0.2) is 4.98 Å². The third-order valence-corrected chi connectivity index (χ3v) is 1.95. The molecule has 0 unspecified atom stereocenters. The molecule has 3 rings (SSSR count). The minimum Gasteiger partial charge on any atom is -0.461 e. The molecule has 3 aromatic rings. The number of nitrogens with two attached hydrogens (primary N) is 1. The summed E-state index contributed by atoms with van der Waals surface area (Å²) in [6.45, 7) is 0. The zero-order valence-electron chi connectivity index (χ0n) is 8.01. The summed E-state index contributed by atoms with van der Waals surface area (Å²) in [7, 11) is 0. The van der Waals surface area contributed by atoms with Gasteiger partial charge in [-0.05, 0) is 12.1 Å². The van der Waals surface area contributed by atoms with Gasteiger partial charge < -0.3 is 10.2 Å². The van der Waals surface area contributed by atoms with E-state index >= 15 is 0 Å². The first-order valence-corrected chi connectivity index (χ1v) is 4.47. The van der Waals surface area contributed by atoms with Gasteiger partial charge in [0.1, 0.15) is 0 Å². The molecule has 8 heteroatoms. The van der Waals surface area contributed by atoms with Crippen LogP contribution in [0.3, 0.4) is 0 Å². The largest absolute Gasteiger partial charge is 0.461 e. The lowest BCUT2D eigenvalue weighted by atomic mass is 10.4. The molecule has 0 radical (unpaired) electrons. The monoisotopic (exact) mass is 217 g/mol. The Kier molecular flexibility index (Phi) is 1.72. The van der Waals surface area contributed by atoms with Gasteiger partial charge in [0, 0.05) is 0 Å². The molecule has 80 valence electrons. The molecule has 0 aliphatic carbocycles. The molecule has 3 heterocycles. The second-order valence-electron chi connectivity index (χ2n) is 3.03. The number of aromatic nitrogens is 6. The zero-order chi connectivity index (χ0) is 11.0. The van der Waals surface area contributed by atoms with Crippen molar-refractivity contribution in [1.29, 1.82) is 0 Å². The predicted molar refractivity (Wildman–Crippen MR) is 53.9 cm³/mol. The Morgan fingerprint density at radius 3 is 2.69 bits per heavy atom. The van der Waals surface area contributed by atoms with Crippen molar-refractivity contribution in [2.24, 2.45) is 0 Å². The van der Waals surface area contributed by atoms with E-state index < -0.39 is 0 Å². The topological polar surface area (TPSA) is 122 Å². The second kappa shape index (κ2) is 3.19. The Hall–Kier alpha value is -2.64. The first kappa shape index (κ1) is 8.65. The number of rotatable bonds is 2. The first-order valence-electron chi connectivity index (χ1n) is 4.47. The molecule has 0 aliphatic rings. The maximum atomic E-state index is 5.38. The van der Waals surface area contributed by atoms with Crippen molar-refractivity contribution in [3.63, 3.8) is 0 Å². The Balaban J connectivity index is 2.00. The van der Waals surface area contributed by atoms with Gasteiger partial charge in [0.15, 0.2) is 17.4 Å². The lowest BCUT2D eigenvalue weighted by Crippen LogP contribution is -1.86. The van der Waals surface area contributed by atoms with Crippen molar-refractivity contribution < 1.29 is 4.42 Å². The van der Waals surface area contributed by atoms with E-state index in [4.69, 9.17) is 10.2 Å². The maximum absolute atomic E-state index is 5.38. The molecule has 0 bridgehead atoms. The molecule has 0 saturated carbocycles. The SMILES string of the molecule is Nc1n[nH]c(-c2n[nH]c(-c3ccco3)n2)n1. The van der Waals surface area contributed by atoms with Crippen LogP contribution in [0.15, 0.2) is 22.8 Å². The van der Waals surface area contributed by atoms with Gasteiger partial charge in [-0.1, -0.05) is 0 Å². The lowest BCUT2D eigenvalue weighted by Gasteiger charge is -1.85. The highest BCUT2D eigenvalue weighted by atomic mass is 16.3. The minimum absolute atomic E-state index is 0.152. The standard InChI is InChI=1S/C8H7N7O/c9-8-11-7(14-15-8)6-10-5(12-13-6)4-2-1-3-16-4/h1-3H,(H,10,12,13)(H3,9,11,14,15). The molecule has 0 amide bonds. The summed E-state index contributed by atoms with van der Waals surface area (Å²) in [5, 5.41) is 13.0. The number of anilines is 1. The molecular formula is C8H7N7O. The van der Waals surface area contributed by atoms with Gasteiger partial charge in [0.25, 0.3) is 0 Å². The highest BCUT2D eigenvalue weighted by Gasteiger charge is 2.12. The number of hydrogen-bond donors (Lipinski definition) is 3. The van der Waals surface area contributed by atoms with Crippen LogP contribution in [0.2, 0.25) is 0 Å². The number of H-pyrrole nitrogens is 2. The smallest absolute Gasteiger partial charge is 0.239 e. The average molecular weight is 217 g/mol. The summed E-state index contributed by atoms with van der Waals surface area (Å²) in [5.41, 5.74) is 5.38. The number of nitrogens with zero attached hydrogens (tertiary/aromatic N) is 4. The summed E-state index contributed by atoms with van der Waals surface area (Å²) < 4.78 is 5.17. The molecule has 0 atom stereocenters.